The lowest BCUT2D eigenvalue weighted by atomic mass is 10.2. The summed E-state index contributed by atoms with van der Waals surface area (Å²) in [5.74, 6) is 0.682. The average molecular weight is 221 g/mol. The van der Waals surface area contributed by atoms with Crippen LogP contribution in [0.25, 0.3) is 0 Å². The summed E-state index contributed by atoms with van der Waals surface area (Å²) in [7, 11) is 0. The van der Waals surface area contributed by atoms with Gasteiger partial charge in [0, 0.05) is 19.3 Å². The zero-order chi connectivity index (χ0) is 11.8. The first-order valence-electron chi connectivity index (χ1n) is 6.04. The SMILES string of the molecule is CC(C)CN(CCCN)Cc1ccccn1. The van der Waals surface area contributed by atoms with E-state index in [1.54, 1.807) is 0 Å². The third-order valence-electron chi connectivity index (χ3n) is 2.41. The summed E-state index contributed by atoms with van der Waals surface area (Å²) >= 11 is 0. The minimum atomic E-state index is 0.682. The van der Waals surface area contributed by atoms with E-state index in [9.17, 15) is 0 Å². The molecule has 0 aliphatic rings. The lowest BCUT2D eigenvalue weighted by Crippen LogP contribution is -2.30. The Balaban J connectivity index is 2.49. The standard InChI is InChI=1S/C13H23N3/c1-12(2)10-16(9-5-7-14)11-13-6-3-4-8-15-13/h3-4,6,8,12H,5,7,9-11,14H2,1-2H3. The van der Waals surface area contributed by atoms with Crippen molar-refractivity contribution >= 4 is 0 Å². The third kappa shape index (κ3) is 5.24. The van der Waals surface area contributed by atoms with Crippen molar-refractivity contribution in [3.63, 3.8) is 0 Å². The van der Waals surface area contributed by atoms with Crippen molar-refractivity contribution in [2.45, 2.75) is 26.8 Å². The van der Waals surface area contributed by atoms with E-state index in [4.69, 9.17) is 5.73 Å². The number of nitrogens with zero attached hydrogens (tertiary/aromatic N) is 2. The second kappa shape index (κ2) is 7.36. The van der Waals surface area contributed by atoms with Gasteiger partial charge in [0.25, 0.3) is 0 Å². The van der Waals surface area contributed by atoms with Crippen LogP contribution in [0.3, 0.4) is 0 Å². The first-order valence-corrected chi connectivity index (χ1v) is 6.04. The Morgan fingerprint density at radius 1 is 1.38 bits per heavy atom. The van der Waals surface area contributed by atoms with E-state index in [2.05, 4.69) is 29.8 Å². The van der Waals surface area contributed by atoms with Crippen molar-refractivity contribution < 1.29 is 0 Å². The molecule has 0 aliphatic carbocycles. The molecular formula is C13H23N3. The fourth-order valence-electron chi connectivity index (χ4n) is 1.79. The van der Waals surface area contributed by atoms with Crippen LogP contribution < -0.4 is 5.73 Å². The van der Waals surface area contributed by atoms with E-state index < -0.39 is 0 Å². The molecule has 3 nitrogen and oxygen atoms in total. The van der Waals surface area contributed by atoms with Crippen LogP contribution in [-0.4, -0.2) is 29.5 Å². The Kier molecular flexibility index (Phi) is 6.04. The van der Waals surface area contributed by atoms with Gasteiger partial charge in [0.1, 0.15) is 0 Å². The Morgan fingerprint density at radius 3 is 2.75 bits per heavy atom. The molecule has 1 heterocycles. The Morgan fingerprint density at radius 2 is 2.19 bits per heavy atom. The number of nitrogens with two attached hydrogens (primary N) is 1. The topological polar surface area (TPSA) is 42.1 Å². The maximum atomic E-state index is 5.56. The number of hydrogen-bond donors (Lipinski definition) is 1. The van der Waals surface area contributed by atoms with Gasteiger partial charge >= 0.3 is 0 Å². The second-order valence-electron chi connectivity index (χ2n) is 4.59. The lowest BCUT2D eigenvalue weighted by Gasteiger charge is -2.23. The smallest absolute Gasteiger partial charge is 0.0543 e. The Hall–Kier alpha value is -0.930. The molecule has 0 aromatic carbocycles. The number of hydrogen-bond acceptors (Lipinski definition) is 3. The molecule has 0 fully saturated rings. The van der Waals surface area contributed by atoms with Gasteiger partial charge in [-0.05, 0) is 37.6 Å². The zero-order valence-electron chi connectivity index (χ0n) is 10.4. The normalized spacial score (nSPS) is 11.3. The van der Waals surface area contributed by atoms with Crippen LogP contribution in [0.4, 0.5) is 0 Å². The molecular weight excluding hydrogens is 198 g/mol. The molecule has 0 saturated heterocycles. The van der Waals surface area contributed by atoms with E-state index >= 15 is 0 Å². The molecule has 0 amide bonds. The summed E-state index contributed by atoms with van der Waals surface area (Å²) in [6.45, 7) is 8.35. The summed E-state index contributed by atoms with van der Waals surface area (Å²) in [4.78, 5) is 6.79. The highest BCUT2D eigenvalue weighted by atomic mass is 15.1. The van der Waals surface area contributed by atoms with Gasteiger partial charge in [0.05, 0.1) is 5.69 Å². The van der Waals surface area contributed by atoms with Crippen LogP contribution in [0.2, 0.25) is 0 Å². The summed E-state index contributed by atoms with van der Waals surface area (Å²) < 4.78 is 0. The van der Waals surface area contributed by atoms with Crippen molar-refractivity contribution in [1.82, 2.24) is 9.88 Å². The van der Waals surface area contributed by atoms with Crippen molar-refractivity contribution in [3.05, 3.63) is 30.1 Å². The van der Waals surface area contributed by atoms with Crippen LogP contribution in [-0.2, 0) is 6.54 Å². The van der Waals surface area contributed by atoms with Crippen LogP contribution in [0.1, 0.15) is 26.0 Å². The molecule has 1 rings (SSSR count). The van der Waals surface area contributed by atoms with Crippen LogP contribution >= 0.6 is 0 Å². The zero-order valence-corrected chi connectivity index (χ0v) is 10.4. The van der Waals surface area contributed by atoms with Crippen molar-refractivity contribution in [1.29, 1.82) is 0 Å². The molecule has 0 aliphatic heterocycles. The van der Waals surface area contributed by atoms with E-state index in [1.165, 1.54) is 0 Å². The van der Waals surface area contributed by atoms with Gasteiger partial charge in [-0.15, -0.1) is 0 Å². The third-order valence-corrected chi connectivity index (χ3v) is 2.41. The fraction of sp³-hybridized carbons (Fsp3) is 0.615. The monoisotopic (exact) mass is 221 g/mol. The van der Waals surface area contributed by atoms with Gasteiger partial charge in [-0.1, -0.05) is 19.9 Å². The molecule has 0 spiro atoms. The van der Waals surface area contributed by atoms with Crippen molar-refractivity contribution in [3.8, 4) is 0 Å². The summed E-state index contributed by atoms with van der Waals surface area (Å²) in [6, 6.07) is 6.07. The highest BCUT2D eigenvalue weighted by molar-refractivity contribution is 5.03. The predicted octanol–water partition coefficient (Wildman–Crippen LogP) is 1.89. The average Bonchev–Trinajstić information content (AvgIpc) is 2.26. The molecule has 0 atom stereocenters. The largest absolute Gasteiger partial charge is 0.330 e. The second-order valence-corrected chi connectivity index (χ2v) is 4.59. The first kappa shape index (κ1) is 13.1. The molecule has 90 valence electrons. The number of pyridine rings is 1. The fourth-order valence-corrected chi connectivity index (χ4v) is 1.79. The Labute approximate surface area is 98.7 Å². The quantitative estimate of drug-likeness (QED) is 0.764. The van der Waals surface area contributed by atoms with Crippen molar-refractivity contribution in [2.24, 2.45) is 11.7 Å². The molecule has 1 aromatic heterocycles. The van der Waals surface area contributed by atoms with E-state index in [1.807, 2.05) is 18.3 Å². The van der Waals surface area contributed by atoms with Gasteiger partial charge < -0.3 is 5.73 Å². The maximum Gasteiger partial charge on any atom is 0.0543 e. The molecule has 16 heavy (non-hydrogen) atoms. The number of aromatic nitrogens is 1. The number of rotatable bonds is 7. The Bertz CT molecular complexity index is 272. The van der Waals surface area contributed by atoms with Gasteiger partial charge in [-0.2, -0.15) is 0 Å². The van der Waals surface area contributed by atoms with E-state index in [-0.39, 0.29) is 0 Å². The molecule has 0 radical (unpaired) electrons. The summed E-state index contributed by atoms with van der Waals surface area (Å²) in [5.41, 5.74) is 6.70. The molecule has 2 N–H and O–H groups in total. The lowest BCUT2D eigenvalue weighted by molar-refractivity contribution is 0.232. The van der Waals surface area contributed by atoms with Gasteiger partial charge in [-0.25, -0.2) is 0 Å². The highest BCUT2D eigenvalue weighted by Gasteiger charge is 2.07. The minimum Gasteiger partial charge on any atom is -0.330 e. The molecule has 0 saturated carbocycles. The van der Waals surface area contributed by atoms with Gasteiger partial charge in [0.2, 0.25) is 0 Å². The van der Waals surface area contributed by atoms with Crippen LogP contribution in [0.15, 0.2) is 24.4 Å². The summed E-state index contributed by atoms with van der Waals surface area (Å²) in [6.07, 6.45) is 2.91. The van der Waals surface area contributed by atoms with Gasteiger partial charge in [-0.3, -0.25) is 9.88 Å². The molecule has 0 bridgehead atoms. The maximum absolute atomic E-state index is 5.56. The summed E-state index contributed by atoms with van der Waals surface area (Å²) in [5, 5.41) is 0. The van der Waals surface area contributed by atoms with Crippen LogP contribution in [0.5, 0.6) is 0 Å². The highest BCUT2D eigenvalue weighted by Crippen LogP contribution is 2.05. The van der Waals surface area contributed by atoms with Crippen molar-refractivity contribution in [2.75, 3.05) is 19.6 Å². The molecule has 0 unspecified atom stereocenters. The van der Waals surface area contributed by atoms with Crippen LogP contribution in [0, 0.1) is 5.92 Å². The van der Waals surface area contributed by atoms with Gasteiger partial charge in [0.15, 0.2) is 0 Å². The molecule has 1 aromatic rings. The molecule has 3 heteroatoms. The van der Waals surface area contributed by atoms with E-state index in [0.29, 0.717) is 5.92 Å². The minimum absolute atomic E-state index is 0.682. The van der Waals surface area contributed by atoms with E-state index in [0.717, 1.165) is 38.3 Å². The first-order chi connectivity index (χ1) is 7.72. The predicted molar refractivity (Wildman–Crippen MR) is 68.0 cm³/mol.